The molecule has 3 atom stereocenters. The van der Waals surface area contributed by atoms with Crippen molar-refractivity contribution in [2.75, 3.05) is 19.6 Å². The quantitative estimate of drug-likeness (QED) is 0.791. The summed E-state index contributed by atoms with van der Waals surface area (Å²) in [5.41, 5.74) is 0. The van der Waals surface area contributed by atoms with Gasteiger partial charge in [-0.25, -0.2) is 4.79 Å². The van der Waals surface area contributed by atoms with Gasteiger partial charge >= 0.3 is 6.03 Å². The fraction of sp³-hybridized carbons (Fsp3) is 0.944. The van der Waals surface area contributed by atoms with Crippen molar-refractivity contribution in [2.24, 2.45) is 0 Å². The maximum absolute atomic E-state index is 12.5. The van der Waals surface area contributed by atoms with Crippen LogP contribution in [0.1, 0.15) is 71.1 Å². The van der Waals surface area contributed by atoms with Crippen LogP contribution in [-0.4, -0.2) is 53.6 Å². The molecule has 4 heteroatoms. The lowest BCUT2D eigenvalue weighted by atomic mass is 9.94. The molecular weight excluding hydrogens is 274 g/mol. The number of nitrogens with zero attached hydrogens (tertiary/aromatic N) is 2. The monoisotopic (exact) mass is 307 g/mol. The highest BCUT2D eigenvalue weighted by Gasteiger charge is 2.44. The second-order valence-corrected chi connectivity index (χ2v) is 7.45. The summed E-state index contributed by atoms with van der Waals surface area (Å²) < 4.78 is 0. The van der Waals surface area contributed by atoms with Gasteiger partial charge in [0.1, 0.15) is 0 Å². The van der Waals surface area contributed by atoms with Gasteiger partial charge in [0.25, 0.3) is 0 Å². The topological polar surface area (TPSA) is 35.6 Å². The largest absolute Gasteiger partial charge is 0.338 e. The third-order valence-electron chi connectivity index (χ3n) is 5.91. The van der Waals surface area contributed by atoms with Crippen LogP contribution in [0.3, 0.4) is 0 Å². The first-order valence-electron chi connectivity index (χ1n) is 9.59. The highest BCUT2D eigenvalue weighted by Crippen LogP contribution is 2.38. The molecule has 0 aliphatic carbocycles. The van der Waals surface area contributed by atoms with E-state index in [1.165, 1.54) is 70.9 Å². The molecule has 126 valence electrons. The van der Waals surface area contributed by atoms with E-state index < -0.39 is 0 Å². The molecule has 0 spiro atoms. The van der Waals surface area contributed by atoms with E-state index in [9.17, 15) is 4.79 Å². The number of urea groups is 1. The number of unbranched alkanes of at least 4 members (excludes halogenated alkanes) is 2. The van der Waals surface area contributed by atoms with Crippen molar-refractivity contribution in [1.29, 1.82) is 0 Å². The number of nitrogens with one attached hydrogen (secondary N) is 1. The van der Waals surface area contributed by atoms with Crippen molar-refractivity contribution in [2.45, 2.75) is 89.3 Å². The molecule has 3 aliphatic rings. The fourth-order valence-electron chi connectivity index (χ4n) is 4.72. The zero-order valence-corrected chi connectivity index (χ0v) is 14.2. The van der Waals surface area contributed by atoms with E-state index >= 15 is 0 Å². The van der Waals surface area contributed by atoms with Crippen LogP contribution in [0.15, 0.2) is 0 Å². The van der Waals surface area contributed by atoms with Crippen molar-refractivity contribution in [3.8, 4) is 0 Å². The molecule has 3 heterocycles. The minimum absolute atomic E-state index is 0.209. The summed E-state index contributed by atoms with van der Waals surface area (Å²) in [6, 6.07) is 1.94. The molecule has 22 heavy (non-hydrogen) atoms. The molecule has 3 aliphatic heterocycles. The second-order valence-electron chi connectivity index (χ2n) is 7.45. The summed E-state index contributed by atoms with van der Waals surface area (Å²) in [5.74, 6) is 0. The van der Waals surface area contributed by atoms with Gasteiger partial charge in [-0.2, -0.15) is 0 Å². The van der Waals surface area contributed by atoms with Gasteiger partial charge in [0.2, 0.25) is 0 Å². The minimum atomic E-state index is 0.209. The molecule has 0 saturated carbocycles. The Morgan fingerprint density at radius 1 is 1.00 bits per heavy atom. The van der Waals surface area contributed by atoms with Gasteiger partial charge in [0.15, 0.2) is 0 Å². The van der Waals surface area contributed by atoms with Crippen LogP contribution in [0.5, 0.6) is 0 Å². The van der Waals surface area contributed by atoms with Crippen LogP contribution in [0.25, 0.3) is 0 Å². The van der Waals surface area contributed by atoms with Crippen molar-refractivity contribution >= 4 is 6.03 Å². The second kappa shape index (κ2) is 7.67. The van der Waals surface area contributed by atoms with Crippen LogP contribution < -0.4 is 5.32 Å². The van der Waals surface area contributed by atoms with E-state index in [1.54, 1.807) is 0 Å². The maximum atomic E-state index is 12.5. The average molecular weight is 307 g/mol. The van der Waals surface area contributed by atoms with Gasteiger partial charge in [-0.15, -0.1) is 0 Å². The smallest absolute Gasteiger partial charge is 0.317 e. The van der Waals surface area contributed by atoms with Crippen LogP contribution in [0.4, 0.5) is 4.79 Å². The first-order chi connectivity index (χ1) is 10.8. The summed E-state index contributed by atoms with van der Waals surface area (Å²) in [6.45, 7) is 5.62. The number of piperidine rings is 2. The van der Waals surface area contributed by atoms with Gasteiger partial charge in [0, 0.05) is 24.7 Å². The number of hydrogen-bond donors (Lipinski definition) is 1. The number of amides is 2. The SMILES string of the molecule is CCCCCNC(=O)N1[C@@H]2CC[C@H]1CC(N1CCCCC1)C2. The third-order valence-corrected chi connectivity index (χ3v) is 5.91. The first-order valence-corrected chi connectivity index (χ1v) is 9.59. The Bertz CT molecular complexity index is 353. The van der Waals surface area contributed by atoms with Gasteiger partial charge in [-0.3, -0.25) is 0 Å². The molecular formula is C18H33N3O. The van der Waals surface area contributed by atoms with Crippen LogP contribution in [0, 0.1) is 0 Å². The molecule has 1 unspecified atom stereocenters. The summed E-state index contributed by atoms with van der Waals surface area (Å²) in [5, 5.41) is 3.16. The van der Waals surface area contributed by atoms with Crippen molar-refractivity contribution in [3.63, 3.8) is 0 Å². The Kier molecular flexibility index (Phi) is 5.61. The molecule has 3 rings (SSSR count). The number of fused-ring (bicyclic) bond motifs is 2. The molecule has 0 aromatic carbocycles. The summed E-state index contributed by atoms with van der Waals surface area (Å²) in [4.78, 5) is 17.4. The predicted molar refractivity (Wildman–Crippen MR) is 90.0 cm³/mol. The lowest BCUT2D eigenvalue weighted by molar-refractivity contribution is 0.0663. The van der Waals surface area contributed by atoms with Gasteiger partial charge in [-0.05, 0) is 58.0 Å². The Hall–Kier alpha value is -0.770. The maximum Gasteiger partial charge on any atom is 0.317 e. The zero-order chi connectivity index (χ0) is 15.4. The molecule has 4 nitrogen and oxygen atoms in total. The van der Waals surface area contributed by atoms with Gasteiger partial charge in [-0.1, -0.05) is 26.2 Å². The molecule has 0 aromatic rings. The standard InChI is InChI=1S/C18H33N3O/c1-2-3-5-10-19-18(22)21-15-8-9-16(21)14-17(13-15)20-11-6-4-7-12-20/h15-17H,2-14H2,1H3,(H,19,22)/t15-,16+,17?. The fourth-order valence-corrected chi connectivity index (χ4v) is 4.72. The van der Waals surface area contributed by atoms with E-state index in [2.05, 4.69) is 22.0 Å². The van der Waals surface area contributed by atoms with E-state index in [0.29, 0.717) is 12.1 Å². The number of carbonyl (C=O) groups is 1. The average Bonchev–Trinajstić information content (AvgIpc) is 2.82. The van der Waals surface area contributed by atoms with Gasteiger partial charge < -0.3 is 15.1 Å². The number of carbonyl (C=O) groups excluding carboxylic acids is 1. The summed E-state index contributed by atoms with van der Waals surface area (Å²) in [7, 11) is 0. The molecule has 1 N–H and O–H groups in total. The highest BCUT2D eigenvalue weighted by molar-refractivity contribution is 5.75. The lowest BCUT2D eigenvalue weighted by Gasteiger charge is -2.44. The molecule has 2 bridgehead atoms. The van der Waals surface area contributed by atoms with Crippen LogP contribution in [-0.2, 0) is 0 Å². The molecule has 3 fully saturated rings. The first kappa shape index (κ1) is 16.1. The van der Waals surface area contributed by atoms with Gasteiger partial charge in [0.05, 0.1) is 0 Å². The van der Waals surface area contributed by atoms with E-state index in [4.69, 9.17) is 0 Å². The Balaban J connectivity index is 1.50. The zero-order valence-electron chi connectivity index (χ0n) is 14.2. The highest BCUT2D eigenvalue weighted by atomic mass is 16.2. The Morgan fingerprint density at radius 3 is 2.32 bits per heavy atom. The number of rotatable bonds is 5. The van der Waals surface area contributed by atoms with E-state index in [0.717, 1.165) is 19.0 Å². The summed E-state index contributed by atoms with van der Waals surface area (Å²) >= 11 is 0. The Labute approximate surface area is 135 Å². The third kappa shape index (κ3) is 3.58. The number of likely N-dealkylation sites (tertiary alicyclic amines) is 1. The van der Waals surface area contributed by atoms with Crippen molar-refractivity contribution in [1.82, 2.24) is 15.1 Å². The van der Waals surface area contributed by atoms with Crippen molar-refractivity contribution in [3.05, 3.63) is 0 Å². The van der Waals surface area contributed by atoms with Crippen LogP contribution in [0.2, 0.25) is 0 Å². The van der Waals surface area contributed by atoms with Crippen LogP contribution >= 0.6 is 0 Å². The minimum Gasteiger partial charge on any atom is -0.338 e. The Morgan fingerprint density at radius 2 is 1.68 bits per heavy atom. The van der Waals surface area contributed by atoms with E-state index in [-0.39, 0.29) is 6.03 Å². The number of hydrogen-bond acceptors (Lipinski definition) is 2. The molecule has 0 aromatic heterocycles. The molecule has 2 amide bonds. The molecule has 0 radical (unpaired) electrons. The summed E-state index contributed by atoms with van der Waals surface area (Å²) in [6.07, 6.45) is 12.5. The normalized spacial score (nSPS) is 32.2. The molecule has 3 saturated heterocycles. The predicted octanol–water partition coefficient (Wildman–Crippen LogP) is 3.37. The van der Waals surface area contributed by atoms with Crippen molar-refractivity contribution < 1.29 is 4.79 Å². The lowest BCUT2D eigenvalue weighted by Crippen LogP contribution is -2.55. The van der Waals surface area contributed by atoms with E-state index in [1.807, 2.05) is 0 Å².